The number of carbonyl (C=O) groups excluding carboxylic acids is 1. The number of benzene rings is 3. The molecule has 1 aliphatic rings. The van der Waals surface area contributed by atoms with Crippen molar-refractivity contribution in [2.75, 3.05) is 33.1 Å². The molecule has 1 saturated heterocycles. The van der Waals surface area contributed by atoms with Gasteiger partial charge in [-0.15, -0.1) is 0 Å². The molecule has 0 radical (unpaired) electrons. The van der Waals surface area contributed by atoms with E-state index in [2.05, 4.69) is 26.3 Å². The molecule has 5 N–H and O–H groups in total. The molecule has 246 valence electrons. The molecule has 0 saturated carbocycles. The van der Waals surface area contributed by atoms with Crippen LogP contribution in [0.25, 0.3) is 22.3 Å². The fourth-order valence-electron chi connectivity index (χ4n) is 5.74. The number of carbonyl (C=O) groups is 1. The van der Waals surface area contributed by atoms with E-state index in [1.165, 1.54) is 19.4 Å². The molecule has 2 heterocycles. The first-order valence-corrected chi connectivity index (χ1v) is 15.9. The number of amides is 1. The average molecular weight is 680 g/mol. The van der Waals surface area contributed by atoms with Crippen LogP contribution in [0.2, 0.25) is 10.0 Å². The van der Waals surface area contributed by atoms with Crippen molar-refractivity contribution in [3.05, 3.63) is 92.8 Å². The van der Waals surface area contributed by atoms with Crippen LogP contribution >= 0.6 is 23.2 Å². The van der Waals surface area contributed by atoms with Crippen LogP contribution in [0.1, 0.15) is 35.2 Å². The number of anilines is 1. The highest BCUT2D eigenvalue weighted by atomic mass is 35.5. The summed E-state index contributed by atoms with van der Waals surface area (Å²) in [5.41, 5.74) is 5.73. The van der Waals surface area contributed by atoms with Crippen molar-refractivity contribution in [1.82, 2.24) is 20.9 Å². The first-order valence-electron chi connectivity index (χ1n) is 15.2. The summed E-state index contributed by atoms with van der Waals surface area (Å²) >= 11 is 13.6. The van der Waals surface area contributed by atoms with Crippen LogP contribution in [-0.4, -0.2) is 51.0 Å². The van der Waals surface area contributed by atoms with Gasteiger partial charge in [-0.25, -0.2) is 9.37 Å². The number of pyridine rings is 1. The monoisotopic (exact) mass is 678 g/mol. The molecule has 3 aromatic carbocycles. The average Bonchev–Trinajstić information content (AvgIpc) is 3.49. The van der Waals surface area contributed by atoms with Crippen LogP contribution in [0.5, 0.6) is 11.6 Å². The van der Waals surface area contributed by atoms with Gasteiger partial charge in [-0.2, -0.15) is 0 Å². The van der Waals surface area contributed by atoms with Gasteiger partial charge in [0, 0.05) is 71.8 Å². The molecule has 1 amide bonds. The lowest BCUT2D eigenvalue weighted by Crippen LogP contribution is -2.35. The number of hydrogen-bond donors (Lipinski definition) is 5. The zero-order valence-electron chi connectivity index (χ0n) is 26.4. The number of methoxy groups -OCH3 is 2. The molecule has 0 aliphatic carbocycles. The third kappa shape index (κ3) is 7.68. The first kappa shape index (κ1) is 34.1. The van der Waals surface area contributed by atoms with E-state index in [4.69, 9.17) is 38.1 Å². The number of ether oxygens (including phenoxy) is 2. The first-order chi connectivity index (χ1) is 22.8. The lowest BCUT2D eigenvalue weighted by atomic mass is 9.94. The highest BCUT2D eigenvalue weighted by Gasteiger charge is 2.22. The minimum Gasteiger partial charge on any atom is -0.496 e. The van der Waals surface area contributed by atoms with Crippen LogP contribution in [0.3, 0.4) is 0 Å². The van der Waals surface area contributed by atoms with Crippen molar-refractivity contribution in [3.8, 4) is 33.9 Å². The Labute approximate surface area is 283 Å². The molecule has 4 aromatic rings. The number of rotatable bonds is 14. The maximum Gasteiger partial charge on any atom is 0.220 e. The van der Waals surface area contributed by atoms with E-state index in [0.29, 0.717) is 86.9 Å². The molecular weight excluding hydrogens is 642 g/mol. The molecule has 1 unspecified atom stereocenters. The predicted molar refractivity (Wildman–Crippen MR) is 185 cm³/mol. The summed E-state index contributed by atoms with van der Waals surface area (Å²) in [6.07, 6.45) is 2.53. The van der Waals surface area contributed by atoms with E-state index in [9.17, 15) is 4.79 Å². The van der Waals surface area contributed by atoms with E-state index in [-0.39, 0.29) is 18.5 Å². The standard InChI is InChI=1S/C35H37Cl2FN6O3/c1-40-16-21-12-28(36)31(44-35(21)47-3)19-42-30-9-5-7-24(26(30)15-39)25-8-4-6-23(34(25)37)20-13-29(38)27(32(14-20)46-2)18-41-17-22-10-11-33(45)43-22/h4-9,12-15,22,39-42H,10-11,16-19H2,1-3H3,(H,43,45). The van der Waals surface area contributed by atoms with Gasteiger partial charge in [0.15, 0.2) is 0 Å². The second kappa shape index (κ2) is 15.6. The van der Waals surface area contributed by atoms with Gasteiger partial charge < -0.3 is 36.2 Å². The lowest BCUT2D eigenvalue weighted by Gasteiger charge is -2.18. The Kier molecular flexibility index (Phi) is 11.3. The number of nitrogens with one attached hydrogen (secondary N) is 5. The summed E-state index contributed by atoms with van der Waals surface area (Å²) < 4.78 is 26.6. The minimum absolute atomic E-state index is 0.0322. The number of halogens is 3. The predicted octanol–water partition coefficient (Wildman–Crippen LogP) is 6.58. The Balaban J connectivity index is 1.40. The lowest BCUT2D eigenvalue weighted by molar-refractivity contribution is -0.119. The fraction of sp³-hybridized carbons (Fsp3) is 0.286. The van der Waals surface area contributed by atoms with Gasteiger partial charge in [-0.3, -0.25) is 4.79 Å². The Morgan fingerprint density at radius 2 is 1.81 bits per heavy atom. The molecule has 1 atom stereocenters. The summed E-state index contributed by atoms with van der Waals surface area (Å²) in [4.78, 5) is 16.1. The van der Waals surface area contributed by atoms with Gasteiger partial charge in [-0.1, -0.05) is 53.5 Å². The zero-order chi connectivity index (χ0) is 33.5. The van der Waals surface area contributed by atoms with Gasteiger partial charge in [0.1, 0.15) is 11.6 Å². The third-order valence-corrected chi connectivity index (χ3v) is 8.83. The second-order valence-corrected chi connectivity index (χ2v) is 11.9. The maximum atomic E-state index is 15.5. The Hall–Kier alpha value is -4.22. The molecule has 1 fully saturated rings. The number of nitrogens with zero attached hydrogens (tertiary/aromatic N) is 1. The van der Waals surface area contributed by atoms with Gasteiger partial charge in [0.25, 0.3) is 0 Å². The van der Waals surface area contributed by atoms with Crippen LogP contribution in [0, 0.1) is 11.2 Å². The molecular formula is C35H37Cl2FN6O3. The molecule has 5 rings (SSSR count). The number of hydrogen-bond acceptors (Lipinski definition) is 8. The topological polar surface area (TPSA) is 120 Å². The van der Waals surface area contributed by atoms with Crippen molar-refractivity contribution in [2.24, 2.45) is 0 Å². The van der Waals surface area contributed by atoms with Gasteiger partial charge in [0.2, 0.25) is 11.8 Å². The highest BCUT2D eigenvalue weighted by Crippen LogP contribution is 2.41. The Morgan fingerprint density at radius 3 is 2.51 bits per heavy atom. The third-order valence-electron chi connectivity index (χ3n) is 8.10. The minimum atomic E-state index is -0.432. The fourth-order valence-corrected chi connectivity index (χ4v) is 6.32. The largest absolute Gasteiger partial charge is 0.496 e. The summed E-state index contributed by atoms with van der Waals surface area (Å²) in [5, 5.41) is 21.8. The molecule has 1 aliphatic heterocycles. The van der Waals surface area contributed by atoms with E-state index >= 15 is 4.39 Å². The van der Waals surface area contributed by atoms with Crippen molar-refractivity contribution in [1.29, 1.82) is 5.41 Å². The SMILES string of the molecule is CNCc1cc(Cl)c(CNc2cccc(-c3cccc(-c4cc(F)c(CNCC5CCC(=O)N5)c(OC)c4)c3Cl)c2C=N)nc1OC. The van der Waals surface area contributed by atoms with E-state index in [1.807, 2.05) is 49.5 Å². The van der Waals surface area contributed by atoms with E-state index in [1.54, 1.807) is 13.2 Å². The quantitative estimate of drug-likeness (QED) is 0.0956. The van der Waals surface area contributed by atoms with E-state index in [0.717, 1.165) is 17.5 Å². The van der Waals surface area contributed by atoms with Crippen LogP contribution < -0.4 is 30.7 Å². The Bertz CT molecular complexity index is 1790. The number of aromatic nitrogens is 1. The van der Waals surface area contributed by atoms with Gasteiger partial charge >= 0.3 is 0 Å². The van der Waals surface area contributed by atoms with Crippen molar-refractivity contribution in [3.63, 3.8) is 0 Å². The van der Waals surface area contributed by atoms with Crippen molar-refractivity contribution < 1.29 is 18.7 Å². The van der Waals surface area contributed by atoms with E-state index < -0.39 is 5.82 Å². The molecule has 47 heavy (non-hydrogen) atoms. The summed E-state index contributed by atoms with van der Waals surface area (Å²) in [6.45, 7) is 1.63. The second-order valence-electron chi connectivity index (χ2n) is 11.1. The summed E-state index contributed by atoms with van der Waals surface area (Å²) in [7, 11) is 4.91. The smallest absolute Gasteiger partial charge is 0.220 e. The zero-order valence-corrected chi connectivity index (χ0v) is 27.9. The normalized spacial score (nSPS) is 14.2. The Morgan fingerprint density at radius 1 is 1.04 bits per heavy atom. The summed E-state index contributed by atoms with van der Waals surface area (Å²) in [5.74, 6) is 0.479. The molecule has 0 spiro atoms. The molecule has 0 bridgehead atoms. The van der Waals surface area contributed by atoms with Crippen molar-refractivity contribution in [2.45, 2.75) is 38.5 Å². The van der Waals surface area contributed by atoms with Crippen LogP contribution in [0.15, 0.2) is 54.6 Å². The molecule has 9 nitrogen and oxygen atoms in total. The van der Waals surface area contributed by atoms with Crippen LogP contribution in [0.4, 0.5) is 10.1 Å². The van der Waals surface area contributed by atoms with Crippen molar-refractivity contribution >= 4 is 41.0 Å². The highest BCUT2D eigenvalue weighted by molar-refractivity contribution is 6.36. The molecule has 1 aromatic heterocycles. The van der Waals surface area contributed by atoms with Crippen LogP contribution in [-0.2, 0) is 24.4 Å². The summed E-state index contributed by atoms with van der Waals surface area (Å²) in [6, 6.07) is 16.3. The molecule has 12 heteroatoms. The van der Waals surface area contributed by atoms with Gasteiger partial charge in [0.05, 0.1) is 36.5 Å². The maximum absolute atomic E-state index is 15.5. The van der Waals surface area contributed by atoms with Gasteiger partial charge in [-0.05, 0) is 48.9 Å².